The highest BCUT2D eigenvalue weighted by molar-refractivity contribution is 7.09. The molecule has 294 valence electrons. The first kappa shape index (κ1) is 43.9. The topological polar surface area (TPSA) is 163 Å². The number of aliphatic hydroxyl groups is 2. The van der Waals surface area contributed by atoms with Gasteiger partial charge in [0.25, 0.3) is 0 Å². The summed E-state index contributed by atoms with van der Waals surface area (Å²) in [5, 5.41) is 32.6. The van der Waals surface area contributed by atoms with Gasteiger partial charge in [-0.3, -0.25) is 19.8 Å². The predicted octanol–water partition coefficient (Wildman–Crippen LogP) is 3.93. The van der Waals surface area contributed by atoms with Crippen LogP contribution in [0.2, 0.25) is 0 Å². The molecule has 0 aliphatic carbocycles. The van der Waals surface area contributed by atoms with E-state index in [0.29, 0.717) is 13.0 Å². The SMILES string of the molecule is CC[C@H](C)[C@@H]([C@@H](CC(O)N1CCC[C@H]1[C@H](OC)[C@@H](C)C(O)N[C@@H](Cc1ccccc1)c1nccs1)OC)N(C)C(=O)[C@@H](NC(=O)C(C)(C)N)C(C)C. The van der Waals surface area contributed by atoms with Crippen molar-refractivity contribution in [1.29, 1.82) is 0 Å². The number of likely N-dealkylation sites (tertiary alicyclic amines) is 1. The lowest BCUT2D eigenvalue weighted by molar-refractivity contribution is -0.146. The number of nitrogens with one attached hydrogen (secondary N) is 2. The molecule has 1 aliphatic heterocycles. The number of likely N-dealkylation sites (N-methyl/N-ethyl adjacent to an activating group) is 1. The quantitative estimate of drug-likeness (QED) is 0.118. The van der Waals surface area contributed by atoms with Crippen molar-refractivity contribution in [2.75, 3.05) is 27.8 Å². The number of benzene rings is 1. The standard InChI is InChI=1S/C39H66N6O6S/c1-11-25(4)33(44(8)37(48)32(24(2)3)43-38(49)39(6,7)40)30(50-9)23-31(46)45-20-15-18-29(45)34(51-10)26(5)35(47)42-28(36-41-19-21-52-36)22-27-16-13-12-14-17-27/h12-14,16-17,19,21,24-26,28-35,42,46-47H,11,15,18,20,22-23,40H2,1-10H3,(H,43,49)/t25-,26+,28-,29-,30+,31?,32-,33-,34+,35?/m0/s1. The summed E-state index contributed by atoms with van der Waals surface area (Å²) in [4.78, 5) is 35.2. The molecule has 0 saturated carbocycles. The molecule has 0 radical (unpaired) electrons. The van der Waals surface area contributed by atoms with Gasteiger partial charge in [-0.05, 0) is 50.5 Å². The first-order chi connectivity index (χ1) is 24.5. The van der Waals surface area contributed by atoms with E-state index in [4.69, 9.17) is 15.2 Å². The Morgan fingerprint density at radius 2 is 1.81 bits per heavy atom. The largest absolute Gasteiger partial charge is 0.379 e. The van der Waals surface area contributed by atoms with Gasteiger partial charge in [0.15, 0.2) is 0 Å². The van der Waals surface area contributed by atoms with Gasteiger partial charge in [0, 0.05) is 57.8 Å². The fourth-order valence-electron chi connectivity index (χ4n) is 7.44. The maximum Gasteiger partial charge on any atom is 0.245 e. The van der Waals surface area contributed by atoms with Crippen LogP contribution >= 0.6 is 11.3 Å². The Morgan fingerprint density at radius 3 is 2.35 bits per heavy atom. The number of carbonyl (C=O) groups excluding carboxylic acids is 2. The van der Waals surface area contributed by atoms with E-state index in [9.17, 15) is 19.8 Å². The molecule has 12 nitrogen and oxygen atoms in total. The summed E-state index contributed by atoms with van der Waals surface area (Å²) in [5.74, 6) is -1.10. The Labute approximate surface area is 315 Å². The summed E-state index contributed by atoms with van der Waals surface area (Å²) >= 11 is 1.55. The Bertz CT molecular complexity index is 1340. The Kier molecular flexibility index (Phi) is 17.1. The molecule has 1 saturated heterocycles. The molecule has 1 aromatic heterocycles. The highest BCUT2D eigenvalue weighted by Gasteiger charge is 2.43. The molecular weight excluding hydrogens is 681 g/mol. The van der Waals surface area contributed by atoms with Gasteiger partial charge in [0.1, 0.15) is 23.5 Å². The van der Waals surface area contributed by atoms with Gasteiger partial charge in [-0.1, -0.05) is 71.4 Å². The summed E-state index contributed by atoms with van der Waals surface area (Å²) in [6.45, 7) is 13.8. The minimum atomic E-state index is -1.14. The summed E-state index contributed by atoms with van der Waals surface area (Å²) in [6.07, 6.45) is 2.47. The number of methoxy groups -OCH3 is 2. The van der Waals surface area contributed by atoms with Gasteiger partial charge in [-0.15, -0.1) is 11.3 Å². The van der Waals surface area contributed by atoms with Crippen molar-refractivity contribution in [3.63, 3.8) is 0 Å². The van der Waals surface area contributed by atoms with Crippen LogP contribution in [0.25, 0.3) is 0 Å². The van der Waals surface area contributed by atoms with Crippen LogP contribution < -0.4 is 16.4 Å². The van der Waals surface area contributed by atoms with Gasteiger partial charge in [-0.25, -0.2) is 4.98 Å². The molecular formula is C39H66N6O6S. The molecule has 52 heavy (non-hydrogen) atoms. The highest BCUT2D eigenvalue weighted by Crippen LogP contribution is 2.32. The lowest BCUT2D eigenvalue weighted by Gasteiger charge is -2.43. The van der Waals surface area contributed by atoms with Crippen molar-refractivity contribution < 1.29 is 29.3 Å². The first-order valence-corrected chi connectivity index (χ1v) is 19.7. The highest BCUT2D eigenvalue weighted by atomic mass is 32.1. The van der Waals surface area contributed by atoms with E-state index in [2.05, 4.69) is 46.5 Å². The average Bonchev–Trinajstić information content (AvgIpc) is 3.83. The number of hydrogen-bond donors (Lipinski definition) is 5. The smallest absolute Gasteiger partial charge is 0.245 e. The van der Waals surface area contributed by atoms with Crippen LogP contribution in [-0.2, 0) is 25.5 Å². The van der Waals surface area contributed by atoms with Crippen LogP contribution in [0.5, 0.6) is 0 Å². The number of aromatic nitrogens is 1. The molecule has 13 heteroatoms. The van der Waals surface area contributed by atoms with Gasteiger partial charge in [0.05, 0.1) is 29.8 Å². The Balaban J connectivity index is 1.78. The summed E-state index contributed by atoms with van der Waals surface area (Å²) < 4.78 is 12.2. The van der Waals surface area contributed by atoms with Crippen molar-refractivity contribution in [1.82, 2.24) is 25.4 Å². The number of nitrogens with two attached hydrogens (primary N) is 1. The van der Waals surface area contributed by atoms with Crippen LogP contribution in [0, 0.1) is 17.8 Å². The van der Waals surface area contributed by atoms with Crippen molar-refractivity contribution in [3.05, 3.63) is 52.5 Å². The molecule has 1 fully saturated rings. The van der Waals surface area contributed by atoms with Gasteiger partial charge >= 0.3 is 0 Å². The normalized spacial score (nSPS) is 20.8. The molecule has 1 aromatic carbocycles. The van der Waals surface area contributed by atoms with Gasteiger partial charge < -0.3 is 35.6 Å². The van der Waals surface area contributed by atoms with Crippen molar-refractivity contribution in [3.8, 4) is 0 Å². The minimum Gasteiger partial charge on any atom is -0.379 e. The molecule has 0 bridgehead atoms. The molecule has 0 spiro atoms. The van der Waals surface area contributed by atoms with Crippen molar-refractivity contribution in [2.24, 2.45) is 23.5 Å². The number of rotatable bonds is 21. The summed E-state index contributed by atoms with van der Waals surface area (Å²) in [6, 6.07) is 8.66. The third-order valence-electron chi connectivity index (χ3n) is 10.7. The Morgan fingerprint density at radius 1 is 1.13 bits per heavy atom. The van der Waals surface area contributed by atoms with Crippen LogP contribution in [0.4, 0.5) is 0 Å². The molecule has 2 amide bonds. The number of amides is 2. The maximum atomic E-state index is 14.0. The third kappa shape index (κ3) is 11.5. The second-order valence-electron chi connectivity index (χ2n) is 15.5. The van der Waals surface area contributed by atoms with Gasteiger partial charge in [-0.2, -0.15) is 0 Å². The number of ether oxygens (including phenoxy) is 2. The Hall–Kier alpha value is -2.49. The van der Waals surface area contributed by atoms with Crippen molar-refractivity contribution >= 4 is 23.2 Å². The third-order valence-corrected chi connectivity index (χ3v) is 11.6. The van der Waals surface area contributed by atoms with Crippen LogP contribution in [0.3, 0.4) is 0 Å². The average molecular weight is 747 g/mol. The fraction of sp³-hybridized carbons (Fsp3) is 0.718. The van der Waals surface area contributed by atoms with E-state index in [0.717, 1.165) is 29.8 Å². The van der Waals surface area contributed by atoms with E-state index in [1.54, 1.807) is 57.5 Å². The molecule has 2 unspecified atom stereocenters. The minimum absolute atomic E-state index is 0.0320. The number of nitrogens with zero attached hydrogens (tertiary/aromatic N) is 3. The van der Waals surface area contributed by atoms with E-state index in [1.807, 2.05) is 44.4 Å². The van der Waals surface area contributed by atoms with Crippen LogP contribution in [0.1, 0.15) is 90.8 Å². The van der Waals surface area contributed by atoms with E-state index in [1.165, 1.54) is 0 Å². The van der Waals surface area contributed by atoms with E-state index in [-0.39, 0.29) is 54.3 Å². The lowest BCUT2D eigenvalue weighted by atomic mass is 9.89. The molecule has 3 rings (SSSR count). The van der Waals surface area contributed by atoms with E-state index < -0.39 is 36.0 Å². The second kappa shape index (κ2) is 20.3. The number of carbonyl (C=O) groups is 2. The maximum absolute atomic E-state index is 14.0. The zero-order chi connectivity index (χ0) is 38.7. The fourth-order valence-corrected chi connectivity index (χ4v) is 8.13. The van der Waals surface area contributed by atoms with Crippen LogP contribution in [-0.4, -0.2) is 113 Å². The van der Waals surface area contributed by atoms with E-state index >= 15 is 0 Å². The molecule has 6 N–H and O–H groups in total. The number of thiazole rings is 1. The number of aliphatic hydroxyl groups excluding tert-OH is 2. The zero-order valence-electron chi connectivity index (χ0n) is 33.0. The molecule has 2 aromatic rings. The summed E-state index contributed by atoms with van der Waals surface area (Å²) in [7, 11) is 5.02. The zero-order valence-corrected chi connectivity index (χ0v) is 33.8. The predicted molar refractivity (Wildman–Crippen MR) is 206 cm³/mol. The monoisotopic (exact) mass is 746 g/mol. The first-order valence-electron chi connectivity index (χ1n) is 18.8. The second-order valence-corrected chi connectivity index (χ2v) is 16.4. The molecule has 10 atom stereocenters. The number of hydrogen-bond acceptors (Lipinski definition) is 11. The lowest BCUT2D eigenvalue weighted by Crippen LogP contribution is -2.61. The van der Waals surface area contributed by atoms with Crippen LogP contribution in [0.15, 0.2) is 41.9 Å². The molecule has 2 heterocycles. The van der Waals surface area contributed by atoms with Crippen molar-refractivity contribution in [2.45, 2.75) is 135 Å². The van der Waals surface area contributed by atoms with Gasteiger partial charge in [0.2, 0.25) is 11.8 Å². The summed E-state index contributed by atoms with van der Waals surface area (Å²) in [5.41, 5.74) is 6.05. The molecule has 1 aliphatic rings.